The molecule has 0 radical (unpaired) electrons. The highest BCUT2D eigenvalue weighted by atomic mass is 16.2. The first-order valence-corrected chi connectivity index (χ1v) is 10.2. The van der Waals surface area contributed by atoms with Crippen molar-refractivity contribution in [1.82, 2.24) is 9.97 Å². The largest absolute Gasteiger partial charge is 0.342 e. The number of piperidine rings is 1. The summed E-state index contributed by atoms with van der Waals surface area (Å²) >= 11 is 0. The number of carbonyl (C=O) groups excluding carboxylic acids is 2. The van der Waals surface area contributed by atoms with Gasteiger partial charge in [-0.05, 0) is 43.9 Å². The molecule has 0 spiro atoms. The van der Waals surface area contributed by atoms with Gasteiger partial charge in [0.1, 0.15) is 5.82 Å². The van der Waals surface area contributed by atoms with E-state index in [1.54, 1.807) is 12.1 Å². The molecule has 8 nitrogen and oxygen atoms in total. The van der Waals surface area contributed by atoms with Crippen LogP contribution in [-0.2, 0) is 9.59 Å². The van der Waals surface area contributed by atoms with E-state index < -0.39 is 17.4 Å². The van der Waals surface area contributed by atoms with E-state index in [-0.39, 0.29) is 23.7 Å². The summed E-state index contributed by atoms with van der Waals surface area (Å²) in [5.74, 6) is -1.03. The standard InChI is InChI=1S/C22H25N5O3/c1-13(2)14-6-8-15(9-7-14)23-20(29)16-12-17(28)24-19-18(16)21(30)26-22(25-19)27-10-4-3-5-11-27/h6-9,16H,1,3-5,10-12H2,2H3,(H,23,29)(H2,24,25,26,28,30)/t16-/m1/s1. The van der Waals surface area contributed by atoms with Crippen LogP contribution in [-0.4, -0.2) is 34.9 Å². The minimum atomic E-state index is -0.902. The van der Waals surface area contributed by atoms with Gasteiger partial charge < -0.3 is 15.5 Å². The Kier molecular flexibility index (Phi) is 5.39. The molecule has 1 saturated heterocycles. The van der Waals surface area contributed by atoms with Gasteiger partial charge in [-0.1, -0.05) is 24.3 Å². The maximum Gasteiger partial charge on any atom is 0.258 e. The van der Waals surface area contributed by atoms with Crippen molar-refractivity contribution in [1.29, 1.82) is 0 Å². The van der Waals surface area contributed by atoms with Crippen molar-refractivity contribution in [2.24, 2.45) is 0 Å². The first kappa shape index (κ1) is 19.9. The number of nitrogens with one attached hydrogen (secondary N) is 3. The lowest BCUT2D eigenvalue weighted by Crippen LogP contribution is -2.38. The number of nitrogens with zero attached hydrogens (tertiary/aromatic N) is 2. The molecular formula is C22H25N5O3. The maximum absolute atomic E-state index is 12.9. The molecule has 1 aromatic heterocycles. The third-order valence-corrected chi connectivity index (χ3v) is 5.56. The fraction of sp³-hybridized carbons (Fsp3) is 0.364. The molecule has 1 aromatic carbocycles. The highest BCUT2D eigenvalue weighted by Crippen LogP contribution is 2.30. The third kappa shape index (κ3) is 3.98. The number of aromatic amines is 1. The average molecular weight is 407 g/mol. The monoisotopic (exact) mass is 407 g/mol. The minimum absolute atomic E-state index is 0.101. The molecule has 30 heavy (non-hydrogen) atoms. The molecule has 0 aliphatic carbocycles. The van der Waals surface area contributed by atoms with Crippen LogP contribution < -0.4 is 21.1 Å². The van der Waals surface area contributed by atoms with Crippen LogP contribution in [0.1, 0.15) is 49.7 Å². The van der Waals surface area contributed by atoms with E-state index in [9.17, 15) is 14.4 Å². The average Bonchev–Trinajstić information content (AvgIpc) is 2.73. The molecule has 8 heteroatoms. The van der Waals surface area contributed by atoms with Crippen LogP contribution in [0.2, 0.25) is 0 Å². The van der Waals surface area contributed by atoms with Crippen LogP contribution >= 0.6 is 0 Å². The lowest BCUT2D eigenvalue weighted by Gasteiger charge is -2.29. The Balaban J connectivity index is 1.60. The number of fused-ring (bicyclic) bond motifs is 1. The summed E-state index contributed by atoms with van der Waals surface area (Å²) < 4.78 is 0. The van der Waals surface area contributed by atoms with E-state index >= 15 is 0 Å². The predicted octanol–water partition coefficient (Wildman–Crippen LogP) is 2.86. The van der Waals surface area contributed by atoms with Crippen molar-refractivity contribution in [3.05, 3.63) is 52.3 Å². The highest BCUT2D eigenvalue weighted by Gasteiger charge is 2.35. The van der Waals surface area contributed by atoms with Gasteiger partial charge in [0.25, 0.3) is 5.56 Å². The molecule has 2 amide bonds. The number of hydrogen-bond donors (Lipinski definition) is 3. The van der Waals surface area contributed by atoms with Gasteiger partial charge in [0, 0.05) is 25.2 Å². The summed E-state index contributed by atoms with van der Waals surface area (Å²) in [5.41, 5.74) is 2.30. The maximum atomic E-state index is 12.9. The lowest BCUT2D eigenvalue weighted by molar-refractivity contribution is -0.123. The molecule has 1 fully saturated rings. The van der Waals surface area contributed by atoms with Crippen LogP contribution in [0.15, 0.2) is 35.6 Å². The van der Waals surface area contributed by atoms with Crippen LogP contribution in [0, 0.1) is 0 Å². The Bertz CT molecular complexity index is 1050. The Hall–Kier alpha value is -3.42. The number of allylic oxidation sites excluding steroid dienone is 1. The summed E-state index contributed by atoms with van der Waals surface area (Å²) in [6.07, 6.45) is 3.11. The third-order valence-electron chi connectivity index (χ3n) is 5.56. The predicted molar refractivity (Wildman–Crippen MR) is 117 cm³/mol. The Labute approximate surface area is 174 Å². The minimum Gasteiger partial charge on any atom is -0.342 e. The zero-order valence-electron chi connectivity index (χ0n) is 17.0. The zero-order valence-corrected chi connectivity index (χ0v) is 17.0. The van der Waals surface area contributed by atoms with Gasteiger partial charge in [-0.2, -0.15) is 4.98 Å². The lowest BCUT2D eigenvalue weighted by atomic mass is 9.92. The van der Waals surface area contributed by atoms with Crippen LogP contribution in [0.3, 0.4) is 0 Å². The van der Waals surface area contributed by atoms with E-state index in [0.29, 0.717) is 11.6 Å². The van der Waals surface area contributed by atoms with Crippen molar-refractivity contribution in [3.63, 3.8) is 0 Å². The van der Waals surface area contributed by atoms with Crippen molar-refractivity contribution in [2.45, 2.75) is 38.5 Å². The molecule has 3 heterocycles. The number of hydrogen-bond acceptors (Lipinski definition) is 5. The molecule has 4 rings (SSSR count). The second-order valence-electron chi connectivity index (χ2n) is 7.85. The highest BCUT2D eigenvalue weighted by molar-refractivity contribution is 6.04. The van der Waals surface area contributed by atoms with E-state index in [2.05, 4.69) is 27.2 Å². The molecule has 2 aliphatic rings. The molecule has 3 N–H and O–H groups in total. The van der Waals surface area contributed by atoms with Crippen LogP contribution in [0.25, 0.3) is 5.57 Å². The van der Waals surface area contributed by atoms with Gasteiger partial charge in [0.05, 0.1) is 11.5 Å². The van der Waals surface area contributed by atoms with E-state index in [0.717, 1.165) is 43.5 Å². The first-order chi connectivity index (χ1) is 14.4. The van der Waals surface area contributed by atoms with Crippen LogP contribution in [0.4, 0.5) is 17.5 Å². The molecule has 2 aromatic rings. The van der Waals surface area contributed by atoms with Crippen molar-refractivity contribution in [2.75, 3.05) is 28.6 Å². The first-order valence-electron chi connectivity index (χ1n) is 10.2. The summed E-state index contributed by atoms with van der Waals surface area (Å²) in [7, 11) is 0. The molecule has 156 valence electrons. The van der Waals surface area contributed by atoms with E-state index in [1.165, 1.54) is 0 Å². The Morgan fingerprint density at radius 2 is 1.87 bits per heavy atom. The number of aromatic nitrogens is 2. The van der Waals surface area contributed by atoms with Crippen molar-refractivity contribution < 1.29 is 9.59 Å². The normalized spacial score (nSPS) is 18.4. The van der Waals surface area contributed by atoms with Gasteiger partial charge in [0.2, 0.25) is 17.8 Å². The molecule has 0 saturated carbocycles. The SMILES string of the molecule is C=C(C)c1ccc(NC(=O)[C@@H]2CC(=O)Nc3nc(N4CCCCC4)[nH]c(=O)c32)cc1. The fourth-order valence-corrected chi connectivity index (χ4v) is 3.91. The number of benzene rings is 1. The number of carbonyl (C=O) groups is 2. The number of H-pyrrole nitrogens is 1. The summed E-state index contributed by atoms with van der Waals surface area (Å²) in [6, 6.07) is 7.26. The van der Waals surface area contributed by atoms with Gasteiger partial charge in [-0.25, -0.2) is 0 Å². The van der Waals surface area contributed by atoms with E-state index in [4.69, 9.17) is 0 Å². The molecular weight excluding hydrogens is 382 g/mol. The number of amides is 2. The zero-order chi connectivity index (χ0) is 21.3. The van der Waals surface area contributed by atoms with Gasteiger partial charge in [-0.3, -0.25) is 19.4 Å². The second kappa shape index (κ2) is 8.14. The van der Waals surface area contributed by atoms with E-state index in [1.807, 2.05) is 24.0 Å². The summed E-state index contributed by atoms with van der Waals surface area (Å²) in [6.45, 7) is 7.41. The molecule has 2 aliphatic heterocycles. The quantitative estimate of drug-likeness (QED) is 0.722. The molecule has 0 unspecified atom stereocenters. The molecule has 1 atom stereocenters. The topological polar surface area (TPSA) is 107 Å². The van der Waals surface area contributed by atoms with Gasteiger partial charge in [0.15, 0.2) is 0 Å². The number of rotatable bonds is 4. The van der Waals surface area contributed by atoms with Crippen molar-refractivity contribution >= 4 is 34.8 Å². The van der Waals surface area contributed by atoms with Crippen molar-refractivity contribution in [3.8, 4) is 0 Å². The Morgan fingerprint density at radius 1 is 1.17 bits per heavy atom. The van der Waals surface area contributed by atoms with Crippen LogP contribution in [0.5, 0.6) is 0 Å². The molecule has 0 bridgehead atoms. The smallest absolute Gasteiger partial charge is 0.258 e. The summed E-state index contributed by atoms with van der Waals surface area (Å²) in [5, 5.41) is 5.47. The van der Waals surface area contributed by atoms with Gasteiger partial charge in [-0.15, -0.1) is 0 Å². The number of anilines is 3. The Morgan fingerprint density at radius 3 is 2.53 bits per heavy atom. The van der Waals surface area contributed by atoms with Gasteiger partial charge >= 0.3 is 0 Å². The fourth-order valence-electron chi connectivity index (χ4n) is 3.91. The summed E-state index contributed by atoms with van der Waals surface area (Å²) in [4.78, 5) is 47.3. The second-order valence-corrected chi connectivity index (χ2v) is 7.85.